The van der Waals surface area contributed by atoms with E-state index in [1.54, 1.807) is 13.0 Å². The quantitative estimate of drug-likeness (QED) is 0.927. The average molecular weight is 298 g/mol. The van der Waals surface area contributed by atoms with E-state index in [0.29, 0.717) is 12.0 Å². The third-order valence-electron chi connectivity index (χ3n) is 3.49. The first kappa shape index (κ1) is 13.9. The Bertz CT molecular complexity index is 668. The molecule has 1 aromatic carbocycles. The number of ether oxygens (including phenoxy) is 1. The minimum atomic E-state index is -4.52. The van der Waals surface area contributed by atoms with Crippen molar-refractivity contribution >= 4 is 0 Å². The molecule has 0 unspecified atom stereocenters. The van der Waals surface area contributed by atoms with Gasteiger partial charge < -0.3 is 9.84 Å². The molecule has 0 fully saturated rings. The molecule has 1 aliphatic rings. The minimum Gasteiger partial charge on any atom is -0.485 e. The van der Waals surface area contributed by atoms with Crippen LogP contribution >= 0.6 is 0 Å². The van der Waals surface area contributed by atoms with Crippen LogP contribution in [0, 0.1) is 0 Å². The molecule has 1 atom stereocenters. The monoisotopic (exact) mass is 298 g/mol. The van der Waals surface area contributed by atoms with Gasteiger partial charge in [0.2, 0.25) is 0 Å². The molecule has 1 aromatic heterocycles. The number of aliphatic hydroxyl groups excluding tert-OH is 1. The minimum absolute atomic E-state index is 0.0444. The Morgan fingerprint density at radius 1 is 1.43 bits per heavy atom. The smallest absolute Gasteiger partial charge is 0.418 e. The van der Waals surface area contributed by atoms with Gasteiger partial charge in [-0.15, -0.1) is 0 Å². The fourth-order valence-electron chi connectivity index (χ4n) is 2.47. The predicted octanol–water partition coefficient (Wildman–Crippen LogP) is 2.58. The fraction of sp³-hybridized carbons (Fsp3) is 0.357. The molecule has 21 heavy (non-hydrogen) atoms. The maximum Gasteiger partial charge on any atom is 0.418 e. The number of rotatable bonds is 2. The maximum atomic E-state index is 13.2. The molecular formula is C14H13F3N2O2. The first-order valence-electron chi connectivity index (χ1n) is 6.36. The van der Waals surface area contributed by atoms with Gasteiger partial charge in [-0.25, -0.2) is 4.68 Å². The highest BCUT2D eigenvalue weighted by molar-refractivity contribution is 5.54. The zero-order valence-corrected chi connectivity index (χ0v) is 11.2. The molecule has 1 N–H and O–H groups in total. The number of aliphatic hydroxyl groups is 1. The number of halogens is 3. The van der Waals surface area contributed by atoms with E-state index in [2.05, 4.69) is 5.10 Å². The Labute approximate surface area is 118 Å². The van der Waals surface area contributed by atoms with Gasteiger partial charge in [0.05, 0.1) is 17.9 Å². The predicted molar refractivity (Wildman–Crippen MR) is 68.4 cm³/mol. The number of alkyl halides is 3. The fourth-order valence-corrected chi connectivity index (χ4v) is 2.47. The second kappa shape index (κ2) is 4.49. The molecule has 112 valence electrons. The molecule has 1 aliphatic heterocycles. The van der Waals surface area contributed by atoms with Crippen molar-refractivity contribution in [1.29, 1.82) is 0 Å². The highest BCUT2D eigenvalue weighted by Gasteiger charge is 2.40. The highest BCUT2D eigenvalue weighted by Crippen LogP contribution is 2.42. The van der Waals surface area contributed by atoms with Gasteiger partial charge in [0.25, 0.3) is 0 Å². The lowest BCUT2D eigenvalue weighted by atomic mass is 9.98. The molecule has 2 heterocycles. The summed E-state index contributed by atoms with van der Waals surface area (Å²) in [4.78, 5) is 0. The second-order valence-corrected chi connectivity index (χ2v) is 5.31. The highest BCUT2D eigenvalue weighted by atomic mass is 19.4. The Balaban J connectivity index is 2.16. The SMILES string of the molecule is C[C@@]1(CO)Cc2cc(-n3cccn3)c(C(F)(F)F)cc2O1. The Morgan fingerprint density at radius 2 is 2.19 bits per heavy atom. The summed E-state index contributed by atoms with van der Waals surface area (Å²) >= 11 is 0. The molecule has 0 bridgehead atoms. The molecule has 4 nitrogen and oxygen atoms in total. The van der Waals surface area contributed by atoms with Gasteiger partial charge in [0.15, 0.2) is 0 Å². The average Bonchev–Trinajstić information content (AvgIpc) is 3.02. The van der Waals surface area contributed by atoms with E-state index in [9.17, 15) is 18.3 Å². The molecular weight excluding hydrogens is 285 g/mol. The van der Waals surface area contributed by atoms with Crippen LogP contribution in [0.4, 0.5) is 13.2 Å². The lowest BCUT2D eigenvalue weighted by molar-refractivity contribution is -0.137. The van der Waals surface area contributed by atoms with Crippen LogP contribution in [-0.4, -0.2) is 27.1 Å². The molecule has 0 aliphatic carbocycles. The molecule has 0 saturated heterocycles. The van der Waals surface area contributed by atoms with Crippen molar-refractivity contribution in [2.24, 2.45) is 0 Å². The van der Waals surface area contributed by atoms with Crippen LogP contribution in [0.25, 0.3) is 5.69 Å². The zero-order valence-electron chi connectivity index (χ0n) is 11.2. The van der Waals surface area contributed by atoms with Crippen molar-refractivity contribution < 1.29 is 23.0 Å². The summed E-state index contributed by atoms with van der Waals surface area (Å²) in [6, 6.07) is 3.96. The van der Waals surface area contributed by atoms with Crippen molar-refractivity contribution in [2.75, 3.05) is 6.61 Å². The molecule has 3 rings (SSSR count). The van der Waals surface area contributed by atoms with Crippen LogP contribution < -0.4 is 4.74 Å². The number of nitrogens with zero attached hydrogens (tertiary/aromatic N) is 2. The van der Waals surface area contributed by atoms with Crippen molar-refractivity contribution in [3.63, 3.8) is 0 Å². The number of aromatic nitrogens is 2. The summed E-state index contributed by atoms with van der Waals surface area (Å²) in [6.45, 7) is 1.40. The normalized spacial score (nSPS) is 21.2. The van der Waals surface area contributed by atoms with Crippen LogP contribution in [0.3, 0.4) is 0 Å². The van der Waals surface area contributed by atoms with Crippen molar-refractivity contribution in [2.45, 2.75) is 25.1 Å². The number of benzene rings is 1. The van der Waals surface area contributed by atoms with Gasteiger partial charge in [0, 0.05) is 24.4 Å². The van der Waals surface area contributed by atoms with E-state index in [4.69, 9.17) is 4.74 Å². The second-order valence-electron chi connectivity index (χ2n) is 5.31. The van der Waals surface area contributed by atoms with Gasteiger partial charge in [0.1, 0.15) is 11.4 Å². The number of fused-ring (bicyclic) bond motifs is 1. The molecule has 2 aromatic rings. The largest absolute Gasteiger partial charge is 0.485 e. The summed E-state index contributed by atoms with van der Waals surface area (Å²) in [5, 5.41) is 13.2. The third-order valence-corrected chi connectivity index (χ3v) is 3.49. The van der Waals surface area contributed by atoms with Crippen molar-refractivity contribution in [3.05, 3.63) is 41.7 Å². The third kappa shape index (κ3) is 2.37. The maximum absolute atomic E-state index is 13.2. The standard InChI is InChI=1S/C14H13F3N2O2/c1-13(8-20)7-9-5-11(19-4-2-3-18-19)10(14(15,16)17)6-12(9)21-13/h2-6,20H,7-8H2,1H3/t13-/m0/s1. The van der Waals surface area contributed by atoms with Gasteiger partial charge in [-0.3, -0.25) is 0 Å². The molecule has 0 saturated carbocycles. The topological polar surface area (TPSA) is 47.3 Å². The van der Waals surface area contributed by atoms with Gasteiger partial charge in [-0.1, -0.05) is 0 Å². The summed E-state index contributed by atoms with van der Waals surface area (Å²) in [5.74, 6) is 0.162. The molecule has 0 radical (unpaired) electrons. The zero-order chi connectivity index (χ0) is 15.3. The van der Waals surface area contributed by atoms with E-state index >= 15 is 0 Å². The molecule has 0 spiro atoms. The van der Waals surface area contributed by atoms with Crippen LogP contribution in [0.1, 0.15) is 18.1 Å². The van der Waals surface area contributed by atoms with Crippen molar-refractivity contribution in [1.82, 2.24) is 9.78 Å². The molecule has 0 amide bonds. The van der Waals surface area contributed by atoms with Gasteiger partial charge in [-0.05, 0) is 25.1 Å². The van der Waals surface area contributed by atoms with E-state index in [-0.39, 0.29) is 18.0 Å². The van der Waals surface area contributed by atoms with Crippen molar-refractivity contribution in [3.8, 4) is 11.4 Å². The first-order valence-corrected chi connectivity index (χ1v) is 6.36. The van der Waals surface area contributed by atoms with E-state index < -0.39 is 17.3 Å². The van der Waals surface area contributed by atoms with Crippen LogP contribution in [-0.2, 0) is 12.6 Å². The number of hydrogen-bond acceptors (Lipinski definition) is 3. The first-order chi connectivity index (χ1) is 9.82. The molecule has 7 heteroatoms. The van der Waals surface area contributed by atoms with E-state index in [1.807, 2.05) is 0 Å². The van der Waals surface area contributed by atoms with Gasteiger partial charge >= 0.3 is 6.18 Å². The Kier molecular flexibility index (Phi) is 2.98. The Hall–Kier alpha value is -2.02. The van der Waals surface area contributed by atoms with Crippen LogP contribution in [0.2, 0.25) is 0 Å². The van der Waals surface area contributed by atoms with Crippen LogP contribution in [0.15, 0.2) is 30.6 Å². The van der Waals surface area contributed by atoms with Crippen LogP contribution in [0.5, 0.6) is 5.75 Å². The summed E-state index contributed by atoms with van der Waals surface area (Å²) in [5.41, 5.74) is -1.11. The van der Waals surface area contributed by atoms with E-state index in [1.165, 1.54) is 23.1 Å². The Morgan fingerprint density at radius 3 is 2.76 bits per heavy atom. The lowest BCUT2D eigenvalue weighted by Gasteiger charge is -2.20. The van der Waals surface area contributed by atoms with Gasteiger partial charge in [-0.2, -0.15) is 18.3 Å². The summed E-state index contributed by atoms with van der Waals surface area (Å²) in [6.07, 6.45) is -1.29. The summed E-state index contributed by atoms with van der Waals surface area (Å²) in [7, 11) is 0. The van der Waals surface area contributed by atoms with E-state index in [0.717, 1.165) is 6.07 Å². The summed E-state index contributed by atoms with van der Waals surface area (Å²) < 4.78 is 46.4. The lowest BCUT2D eigenvalue weighted by Crippen LogP contribution is -2.34. The number of hydrogen-bond donors (Lipinski definition) is 1.